The van der Waals surface area contributed by atoms with Crippen molar-refractivity contribution >= 4 is 17.6 Å². The second kappa shape index (κ2) is 6.74. The van der Waals surface area contributed by atoms with Crippen LogP contribution in [0.1, 0.15) is 39.2 Å². The molecular formula is C12H21N3S. The normalized spacial score (nSPS) is 12.5. The number of hydrogen-bond donors (Lipinski definition) is 1. The molecule has 0 aliphatic carbocycles. The smallest absolute Gasteiger partial charge is 0.133 e. The Bertz CT molecular complexity index is 328. The van der Waals surface area contributed by atoms with Crippen LogP contribution in [0.4, 0.5) is 5.82 Å². The van der Waals surface area contributed by atoms with Crippen molar-refractivity contribution in [2.45, 2.75) is 50.3 Å². The fourth-order valence-electron chi connectivity index (χ4n) is 1.46. The Kier molecular flexibility index (Phi) is 5.60. The first-order valence-corrected chi connectivity index (χ1v) is 6.79. The van der Waals surface area contributed by atoms with Crippen molar-refractivity contribution in [1.29, 1.82) is 0 Å². The maximum atomic E-state index is 4.41. The molecule has 1 heterocycles. The van der Waals surface area contributed by atoms with Crippen molar-refractivity contribution in [3.05, 3.63) is 11.9 Å². The third kappa shape index (κ3) is 3.37. The summed E-state index contributed by atoms with van der Waals surface area (Å²) >= 11 is 1.85. The van der Waals surface area contributed by atoms with Gasteiger partial charge in [0.25, 0.3) is 0 Å². The molecule has 90 valence electrons. The summed E-state index contributed by atoms with van der Waals surface area (Å²) in [5.74, 6) is 0.975. The summed E-state index contributed by atoms with van der Waals surface area (Å²) in [4.78, 5) is 8.68. The molecule has 0 aliphatic heterocycles. The molecule has 0 saturated carbocycles. The van der Waals surface area contributed by atoms with E-state index in [9.17, 15) is 0 Å². The van der Waals surface area contributed by atoms with Crippen LogP contribution >= 0.6 is 11.8 Å². The zero-order valence-electron chi connectivity index (χ0n) is 10.6. The predicted octanol–water partition coefficient (Wildman–Crippen LogP) is 3.36. The Morgan fingerprint density at radius 3 is 2.69 bits per heavy atom. The number of hydrogen-bond acceptors (Lipinski definition) is 4. The highest BCUT2D eigenvalue weighted by Crippen LogP contribution is 2.29. The van der Waals surface area contributed by atoms with Gasteiger partial charge in [-0.15, -0.1) is 11.8 Å². The molecule has 1 N–H and O–H groups in total. The first-order chi connectivity index (χ1) is 7.72. The van der Waals surface area contributed by atoms with Gasteiger partial charge in [-0.3, -0.25) is 0 Å². The molecule has 1 rings (SSSR count). The van der Waals surface area contributed by atoms with Gasteiger partial charge in [0, 0.05) is 17.9 Å². The average molecular weight is 239 g/mol. The van der Waals surface area contributed by atoms with Crippen molar-refractivity contribution in [1.82, 2.24) is 9.97 Å². The van der Waals surface area contributed by atoms with Gasteiger partial charge in [-0.1, -0.05) is 27.2 Å². The van der Waals surface area contributed by atoms with E-state index in [-0.39, 0.29) is 0 Å². The highest BCUT2D eigenvalue weighted by molar-refractivity contribution is 7.99. The fourth-order valence-corrected chi connectivity index (χ4v) is 2.46. The molecule has 0 fully saturated rings. The highest BCUT2D eigenvalue weighted by atomic mass is 32.2. The first-order valence-electron chi connectivity index (χ1n) is 5.91. The summed E-state index contributed by atoms with van der Waals surface area (Å²) in [7, 11) is 1.92. The Labute approximate surface area is 102 Å². The molecule has 0 aromatic carbocycles. The second-order valence-electron chi connectivity index (χ2n) is 3.84. The van der Waals surface area contributed by atoms with E-state index in [1.54, 1.807) is 6.33 Å². The van der Waals surface area contributed by atoms with Crippen LogP contribution in [-0.2, 0) is 6.42 Å². The molecule has 1 unspecified atom stereocenters. The van der Waals surface area contributed by atoms with Gasteiger partial charge in [-0.05, 0) is 12.8 Å². The van der Waals surface area contributed by atoms with Crippen LogP contribution in [0, 0.1) is 0 Å². The van der Waals surface area contributed by atoms with Crippen molar-refractivity contribution in [3.8, 4) is 0 Å². The van der Waals surface area contributed by atoms with Crippen LogP contribution in [0.5, 0.6) is 0 Å². The lowest BCUT2D eigenvalue weighted by molar-refractivity contribution is 0.848. The standard InChI is InChI=1S/C12H21N3S/c1-5-7-10-11(13-4)14-8-15-12(10)16-9(3)6-2/h8-9H,5-7H2,1-4H3,(H,13,14,15). The van der Waals surface area contributed by atoms with E-state index in [1.807, 2.05) is 18.8 Å². The third-order valence-corrected chi connectivity index (χ3v) is 3.84. The number of anilines is 1. The van der Waals surface area contributed by atoms with E-state index >= 15 is 0 Å². The first kappa shape index (κ1) is 13.3. The molecule has 4 heteroatoms. The SMILES string of the molecule is CCCc1c(NC)ncnc1SC(C)CC. The maximum absolute atomic E-state index is 4.41. The summed E-state index contributed by atoms with van der Waals surface area (Å²) in [6.45, 7) is 6.63. The summed E-state index contributed by atoms with van der Waals surface area (Å²) < 4.78 is 0. The van der Waals surface area contributed by atoms with Crippen LogP contribution in [0.2, 0.25) is 0 Å². The molecule has 3 nitrogen and oxygen atoms in total. The Morgan fingerprint density at radius 2 is 2.12 bits per heavy atom. The van der Waals surface area contributed by atoms with Gasteiger partial charge in [-0.25, -0.2) is 9.97 Å². The van der Waals surface area contributed by atoms with E-state index in [1.165, 1.54) is 5.56 Å². The second-order valence-corrected chi connectivity index (χ2v) is 5.27. The highest BCUT2D eigenvalue weighted by Gasteiger charge is 2.12. The zero-order chi connectivity index (χ0) is 12.0. The summed E-state index contributed by atoms with van der Waals surface area (Å²) in [6, 6.07) is 0. The fraction of sp³-hybridized carbons (Fsp3) is 0.667. The molecule has 0 radical (unpaired) electrons. The Morgan fingerprint density at radius 1 is 1.38 bits per heavy atom. The number of rotatable bonds is 6. The number of aromatic nitrogens is 2. The number of thioether (sulfide) groups is 1. The van der Waals surface area contributed by atoms with Crippen molar-refractivity contribution < 1.29 is 0 Å². The van der Waals surface area contributed by atoms with Crippen LogP contribution in [0.3, 0.4) is 0 Å². The van der Waals surface area contributed by atoms with Crippen LogP contribution < -0.4 is 5.32 Å². The minimum atomic E-state index is 0.607. The molecule has 0 aliphatic rings. The zero-order valence-corrected chi connectivity index (χ0v) is 11.4. The monoisotopic (exact) mass is 239 g/mol. The molecule has 1 aromatic rings. The number of nitrogens with zero attached hydrogens (tertiary/aromatic N) is 2. The predicted molar refractivity (Wildman–Crippen MR) is 71.2 cm³/mol. The summed E-state index contributed by atoms with van der Waals surface area (Å²) in [5, 5.41) is 4.89. The van der Waals surface area contributed by atoms with Crippen molar-refractivity contribution in [2.75, 3.05) is 12.4 Å². The molecule has 1 atom stereocenters. The molecule has 16 heavy (non-hydrogen) atoms. The molecular weight excluding hydrogens is 218 g/mol. The van der Waals surface area contributed by atoms with Crippen LogP contribution in [0.25, 0.3) is 0 Å². The van der Waals surface area contributed by atoms with Gasteiger partial charge in [0.2, 0.25) is 0 Å². The average Bonchev–Trinajstić information content (AvgIpc) is 2.31. The quantitative estimate of drug-likeness (QED) is 0.610. The van der Waals surface area contributed by atoms with Crippen LogP contribution in [0.15, 0.2) is 11.4 Å². The lowest BCUT2D eigenvalue weighted by Crippen LogP contribution is -2.04. The lowest BCUT2D eigenvalue weighted by atomic mass is 10.2. The van der Waals surface area contributed by atoms with Crippen molar-refractivity contribution in [3.63, 3.8) is 0 Å². The largest absolute Gasteiger partial charge is 0.373 e. The van der Waals surface area contributed by atoms with Crippen molar-refractivity contribution in [2.24, 2.45) is 0 Å². The van der Waals surface area contributed by atoms with Gasteiger partial charge in [-0.2, -0.15) is 0 Å². The van der Waals surface area contributed by atoms with E-state index < -0.39 is 0 Å². The topological polar surface area (TPSA) is 37.8 Å². The third-order valence-electron chi connectivity index (χ3n) is 2.53. The Balaban J connectivity index is 2.96. The molecule has 0 bridgehead atoms. The van der Waals surface area contributed by atoms with E-state index in [0.717, 1.165) is 30.1 Å². The van der Waals surface area contributed by atoms with Gasteiger partial charge >= 0.3 is 0 Å². The summed E-state index contributed by atoms with van der Waals surface area (Å²) in [6.07, 6.45) is 4.97. The number of nitrogens with one attached hydrogen (secondary N) is 1. The molecule has 1 aromatic heterocycles. The van der Waals surface area contributed by atoms with E-state index in [0.29, 0.717) is 5.25 Å². The molecule has 0 saturated heterocycles. The van der Waals surface area contributed by atoms with E-state index in [4.69, 9.17) is 0 Å². The Hall–Kier alpha value is -0.770. The lowest BCUT2D eigenvalue weighted by Gasteiger charge is -2.14. The molecule has 0 amide bonds. The van der Waals surface area contributed by atoms with E-state index in [2.05, 4.69) is 36.1 Å². The van der Waals surface area contributed by atoms with Gasteiger partial charge in [0.1, 0.15) is 17.2 Å². The molecule has 0 spiro atoms. The van der Waals surface area contributed by atoms with Gasteiger partial charge in [0.15, 0.2) is 0 Å². The van der Waals surface area contributed by atoms with Gasteiger partial charge in [0.05, 0.1) is 0 Å². The van der Waals surface area contributed by atoms with Crippen LogP contribution in [-0.4, -0.2) is 22.3 Å². The van der Waals surface area contributed by atoms with Gasteiger partial charge < -0.3 is 5.32 Å². The maximum Gasteiger partial charge on any atom is 0.133 e. The minimum Gasteiger partial charge on any atom is -0.373 e. The summed E-state index contributed by atoms with van der Waals surface area (Å²) in [5.41, 5.74) is 1.26. The minimum absolute atomic E-state index is 0.607.